The summed E-state index contributed by atoms with van der Waals surface area (Å²) in [5.74, 6) is -0.973. The summed E-state index contributed by atoms with van der Waals surface area (Å²) in [7, 11) is 1.42. The Morgan fingerprint density at radius 3 is 2.56 bits per heavy atom. The molecule has 0 aliphatic heterocycles. The fraction of sp³-hybridized carbons (Fsp3) is 0.158. The molecule has 1 aromatic heterocycles. The summed E-state index contributed by atoms with van der Waals surface area (Å²) in [4.78, 5) is 12.3. The minimum absolute atomic E-state index is 0.0355. The highest BCUT2D eigenvalue weighted by Crippen LogP contribution is 2.37. The fourth-order valence-electron chi connectivity index (χ4n) is 2.62. The molecule has 27 heavy (non-hydrogen) atoms. The summed E-state index contributed by atoms with van der Waals surface area (Å²) < 4.78 is 27.0. The smallest absolute Gasteiger partial charge is 0.362 e. The molecule has 0 atom stereocenters. The molecule has 0 N–H and O–H groups in total. The number of benzene rings is 2. The molecule has 0 fully saturated rings. The summed E-state index contributed by atoms with van der Waals surface area (Å²) in [6.45, 7) is 1.87. The van der Waals surface area contributed by atoms with Crippen LogP contribution in [0.5, 0.6) is 5.75 Å². The van der Waals surface area contributed by atoms with E-state index in [2.05, 4.69) is 21.0 Å². The summed E-state index contributed by atoms with van der Waals surface area (Å²) in [5, 5.41) is 4.83. The van der Waals surface area contributed by atoms with Crippen molar-refractivity contribution >= 4 is 33.5 Å². The third-order valence-corrected chi connectivity index (χ3v) is 4.52. The van der Waals surface area contributed by atoms with Gasteiger partial charge in [0.05, 0.1) is 13.7 Å². The van der Waals surface area contributed by atoms with E-state index in [1.807, 2.05) is 0 Å². The number of rotatable bonds is 5. The molecule has 0 bridgehead atoms. The highest BCUT2D eigenvalue weighted by atomic mass is 79.9. The second kappa shape index (κ2) is 8.10. The minimum atomic E-state index is -0.652. The van der Waals surface area contributed by atoms with Gasteiger partial charge in [0.25, 0.3) is 0 Å². The van der Waals surface area contributed by atoms with Crippen molar-refractivity contribution in [1.82, 2.24) is 9.78 Å². The monoisotopic (exact) mass is 452 g/mol. The molecule has 8 heteroatoms. The fourth-order valence-corrected chi connectivity index (χ4v) is 3.08. The summed E-state index contributed by atoms with van der Waals surface area (Å²) in [6, 6.07) is 11.4. The Balaban J connectivity index is 2.30. The van der Waals surface area contributed by atoms with Crippen LogP contribution >= 0.6 is 27.5 Å². The molecular weight excluding hydrogens is 439 g/mol. The molecule has 0 saturated heterocycles. The van der Waals surface area contributed by atoms with Crippen LogP contribution in [-0.4, -0.2) is 29.5 Å². The van der Waals surface area contributed by atoms with E-state index in [9.17, 15) is 9.18 Å². The molecule has 140 valence electrons. The standard InChI is InChI=1S/C19H15BrClFN2O3/c1-3-27-19(25)16-18(26-2)17(11-4-7-13(21)8-5-11)24(23-16)15-9-6-12(20)10-14(15)22/h4-10H,3H2,1-2H3. The summed E-state index contributed by atoms with van der Waals surface area (Å²) in [5.41, 5.74) is 1.20. The van der Waals surface area contributed by atoms with Crippen molar-refractivity contribution in [2.45, 2.75) is 6.92 Å². The molecule has 0 radical (unpaired) electrons. The Kier molecular flexibility index (Phi) is 5.82. The second-order valence-corrected chi connectivity index (χ2v) is 6.82. The molecule has 0 spiro atoms. The average Bonchev–Trinajstić information content (AvgIpc) is 3.02. The predicted molar refractivity (Wildman–Crippen MR) is 104 cm³/mol. The molecule has 3 rings (SSSR count). The second-order valence-electron chi connectivity index (χ2n) is 5.47. The van der Waals surface area contributed by atoms with Crippen LogP contribution in [0.4, 0.5) is 4.39 Å². The van der Waals surface area contributed by atoms with E-state index < -0.39 is 11.8 Å². The van der Waals surface area contributed by atoms with Crippen molar-refractivity contribution in [2.75, 3.05) is 13.7 Å². The molecule has 0 aliphatic rings. The van der Waals surface area contributed by atoms with Crippen molar-refractivity contribution < 1.29 is 18.7 Å². The number of hydrogen-bond acceptors (Lipinski definition) is 4. The number of aromatic nitrogens is 2. The number of hydrogen-bond donors (Lipinski definition) is 0. The lowest BCUT2D eigenvalue weighted by molar-refractivity contribution is 0.0515. The van der Waals surface area contributed by atoms with Crippen LogP contribution in [0.2, 0.25) is 5.02 Å². The zero-order valence-electron chi connectivity index (χ0n) is 14.5. The maximum atomic E-state index is 14.6. The Hall–Kier alpha value is -2.38. The Morgan fingerprint density at radius 1 is 1.26 bits per heavy atom. The van der Waals surface area contributed by atoms with E-state index in [1.165, 1.54) is 17.9 Å². The van der Waals surface area contributed by atoms with E-state index in [-0.39, 0.29) is 23.7 Å². The average molecular weight is 454 g/mol. The van der Waals surface area contributed by atoms with Gasteiger partial charge in [0.2, 0.25) is 5.69 Å². The lowest BCUT2D eigenvalue weighted by atomic mass is 10.1. The normalized spacial score (nSPS) is 10.7. The van der Waals surface area contributed by atoms with Crippen LogP contribution in [0.1, 0.15) is 17.4 Å². The molecule has 0 amide bonds. The predicted octanol–water partition coefficient (Wildman–Crippen LogP) is 5.28. The van der Waals surface area contributed by atoms with Gasteiger partial charge < -0.3 is 9.47 Å². The van der Waals surface area contributed by atoms with Crippen molar-refractivity contribution in [3.63, 3.8) is 0 Å². The first-order valence-corrected chi connectivity index (χ1v) is 9.18. The number of esters is 1. The maximum absolute atomic E-state index is 14.6. The van der Waals surface area contributed by atoms with Crippen molar-refractivity contribution in [3.8, 4) is 22.7 Å². The molecular formula is C19H15BrClFN2O3. The Bertz CT molecular complexity index is 989. The van der Waals surface area contributed by atoms with E-state index >= 15 is 0 Å². The Labute approximate surface area is 168 Å². The van der Waals surface area contributed by atoms with Crippen LogP contribution in [0.15, 0.2) is 46.9 Å². The quantitative estimate of drug-likeness (QED) is 0.493. The molecule has 0 saturated carbocycles. The zero-order valence-corrected chi connectivity index (χ0v) is 16.8. The van der Waals surface area contributed by atoms with E-state index in [0.717, 1.165) is 0 Å². The van der Waals surface area contributed by atoms with Crippen LogP contribution < -0.4 is 4.74 Å². The third kappa shape index (κ3) is 3.84. The van der Waals surface area contributed by atoms with Crippen LogP contribution in [0.3, 0.4) is 0 Å². The van der Waals surface area contributed by atoms with Gasteiger partial charge in [-0.1, -0.05) is 39.7 Å². The van der Waals surface area contributed by atoms with Gasteiger partial charge >= 0.3 is 5.97 Å². The lowest BCUT2D eigenvalue weighted by Crippen LogP contribution is -2.08. The number of carbonyl (C=O) groups excluding carboxylic acids is 1. The lowest BCUT2D eigenvalue weighted by Gasteiger charge is -2.10. The van der Waals surface area contributed by atoms with Crippen LogP contribution in [0.25, 0.3) is 16.9 Å². The summed E-state index contributed by atoms with van der Waals surface area (Å²) in [6.07, 6.45) is 0. The highest BCUT2D eigenvalue weighted by molar-refractivity contribution is 9.10. The highest BCUT2D eigenvalue weighted by Gasteiger charge is 2.27. The maximum Gasteiger partial charge on any atom is 0.362 e. The van der Waals surface area contributed by atoms with E-state index in [0.29, 0.717) is 20.8 Å². The number of nitrogens with zero attached hydrogens (tertiary/aromatic N) is 2. The van der Waals surface area contributed by atoms with Gasteiger partial charge in [-0.3, -0.25) is 0 Å². The van der Waals surface area contributed by atoms with Gasteiger partial charge in [-0.15, -0.1) is 0 Å². The van der Waals surface area contributed by atoms with Gasteiger partial charge in [0.1, 0.15) is 17.2 Å². The SMILES string of the molecule is CCOC(=O)c1nn(-c2ccc(Br)cc2F)c(-c2ccc(Cl)cc2)c1OC. The van der Waals surface area contributed by atoms with Gasteiger partial charge in [0.15, 0.2) is 5.75 Å². The summed E-state index contributed by atoms with van der Waals surface area (Å²) >= 11 is 9.21. The van der Waals surface area contributed by atoms with E-state index in [1.54, 1.807) is 43.3 Å². The largest absolute Gasteiger partial charge is 0.492 e. The van der Waals surface area contributed by atoms with Crippen molar-refractivity contribution in [2.24, 2.45) is 0 Å². The topological polar surface area (TPSA) is 53.3 Å². The first kappa shape index (κ1) is 19.4. The molecule has 2 aromatic carbocycles. The molecule has 1 heterocycles. The van der Waals surface area contributed by atoms with Crippen LogP contribution in [-0.2, 0) is 4.74 Å². The molecule has 5 nitrogen and oxygen atoms in total. The first-order valence-electron chi connectivity index (χ1n) is 8.01. The number of carbonyl (C=O) groups is 1. The van der Waals surface area contributed by atoms with Gasteiger partial charge in [-0.05, 0) is 37.3 Å². The Morgan fingerprint density at radius 2 is 1.96 bits per heavy atom. The van der Waals surface area contributed by atoms with Crippen LogP contribution in [0, 0.1) is 5.82 Å². The third-order valence-electron chi connectivity index (χ3n) is 3.77. The van der Waals surface area contributed by atoms with Gasteiger partial charge in [-0.2, -0.15) is 5.10 Å². The van der Waals surface area contributed by atoms with Crippen molar-refractivity contribution in [3.05, 3.63) is 63.5 Å². The number of ether oxygens (including phenoxy) is 2. The van der Waals surface area contributed by atoms with Gasteiger partial charge in [0, 0.05) is 15.1 Å². The minimum Gasteiger partial charge on any atom is -0.492 e. The van der Waals surface area contributed by atoms with E-state index in [4.69, 9.17) is 21.1 Å². The molecule has 0 aliphatic carbocycles. The number of methoxy groups -OCH3 is 1. The number of halogens is 3. The molecule has 0 unspecified atom stereocenters. The first-order chi connectivity index (χ1) is 13.0. The zero-order chi connectivity index (χ0) is 19.6. The van der Waals surface area contributed by atoms with Crippen molar-refractivity contribution in [1.29, 1.82) is 0 Å². The van der Waals surface area contributed by atoms with Gasteiger partial charge in [-0.25, -0.2) is 13.9 Å². The molecule has 3 aromatic rings.